The Kier molecular flexibility index (Phi) is 11.1. The van der Waals surface area contributed by atoms with Gasteiger partial charge in [-0.1, -0.05) is 13.8 Å². The van der Waals surface area contributed by atoms with E-state index in [-0.39, 0.29) is 17.2 Å². The zero-order chi connectivity index (χ0) is 34.0. The van der Waals surface area contributed by atoms with Crippen LogP contribution in [0.15, 0.2) is 36.8 Å². The largest absolute Gasteiger partial charge is 0.339 e. The minimum Gasteiger partial charge on any atom is -0.339 e. The fourth-order valence-electron chi connectivity index (χ4n) is 7.77. The van der Waals surface area contributed by atoms with E-state index in [1.165, 1.54) is 29.3 Å². The molecular weight excluding hydrogens is 614 g/mol. The van der Waals surface area contributed by atoms with Gasteiger partial charge in [-0.3, -0.25) is 14.7 Å². The normalized spacial score (nSPS) is 19.3. The molecule has 5 rings (SSSR count). The van der Waals surface area contributed by atoms with E-state index in [1.807, 2.05) is 30.8 Å². The third-order valence-corrected chi connectivity index (χ3v) is 12.4. The molecule has 2 fully saturated rings. The summed E-state index contributed by atoms with van der Waals surface area (Å²) in [6.45, 7) is 15.6. The van der Waals surface area contributed by atoms with Crippen LogP contribution in [0.3, 0.4) is 0 Å². The molecule has 0 saturated carbocycles. The molecule has 2 aliphatic heterocycles. The maximum atomic E-state index is 14.5. The van der Waals surface area contributed by atoms with Crippen LogP contribution < -0.4 is 0 Å². The number of nitrogens with zero attached hydrogens (tertiary/aromatic N) is 5. The summed E-state index contributed by atoms with van der Waals surface area (Å²) in [6, 6.07) is 4.99. The number of benzene rings is 1. The van der Waals surface area contributed by atoms with E-state index in [1.54, 1.807) is 18.0 Å². The summed E-state index contributed by atoms with van der Waals surface area (Å²) in [7, 11) is -1.18. The van der Waals surface area contributed by atoms with Gasteiger partial charge in [-0.2, -0.15) is 0 Å². The third-order valence-electron chi connectivity index (χ3n) is 10.7. The monoisotopic (exact) mass is 667 g/mol. The molecule has 47 heavy (non-hydrogen) atoms. The number of sulfone groups is 1. The highest BCUT2D eigenvalue weighted by Gasteiger charge is 2.32. The van der Waals surface area contributed by atoms with Gasteiger partial charge < -0.3 is 14.4 Å². The highest BCUT2D eigenvalue weighted by molar-refractivity contribution is 7.91. The molecule has 3 aromatic rings. The van der Waals surface area contributed by atoms with E-state index >= 15 is 0 Å². The van der Waals surface area contributed by atoms with Crippen molar-refractivity contribution >= 4 is 26.6 Å². The molecule has 0 radical (unpaired) electrons. The van der Waals surface area contributed by atoms with Crippen LogP contribution in [-0.2, 0) is 16.3 Å². The quantitative estimate of drug-likeness (QED) is 0.231. The average Bonchev–Trinajstić information content (AvgIpc) is 3.63. The third kappa shape index (κ3) is 8.08. The topological polar surface area (TPSA) is 78.8 Å². The molecule has 2 atom stereocenters. The lowest BCUT2D eigenvalue weighted by Gasteiger charge is -2.34. The highest BCUT2D eigenvalue weighted by atomic mass is 32.2. The first-order valence-corrected chi connectivity index (χ1v) is 19.4. The van der Waals surface area contributed by atoms with Gasteiger partial charge in [0.25, 0.3) is 5.91 Å². The van der Waals surface area contributed by atoms with E-state index in [0.717, 1.165) is 82.3 Å². The number of rotatable bonds is 12. The average molecular weight is 668 g/mol. The first-order valence-electron chi connectivity index (χ1n) is 17.4. The molecular formula is C37H54FN5O3S. The van der Waals surface area contributed by atoms with Crippen molar-refractivity contribution in [3.8, 4) is 5.69 Å². The van der Waals surface area contributed by atoms with Crippen molar-refractivity contribution in [3.63, 3.8) is 0 Å². The van der Waals surface area contributed by atoms with E-state index in [9.17, 15) is 17.6 Å². The number of hydrogen-bond donors (Lipinski definition) is 0. The molecule has 0 N–H and O–H groups in total. The van der Waals surface area contributed by atoms with Crippen molar-refractivity contribution in [2.45, 2.75) is 90.5 Å². The molecule has 10 heteroatoms. The fraction of sp³-hybridized carbons (Fsp3) is 0.622. The Hall–Kier alpha value is -2.82. The Bertz CT molecular complexity index is 1660. The molecule has 2 aromatic heterocycles. The molecule has 2 saturated heterocycles. The second-order valence-electron chi connectivity index (χ2n) is 14.7. The minimum absolute atomic E-state index is 0.0149. The number of amides is 1. The maximum absolute atomic E-state index is 14.5. The number of halogens is 1. The van der Waals surface area contributed by atoms with Crippen molar-refractivity contribution in [2.75, 3.05) is 46.0 Å². The fourth-order valence-corrected chi connectivity index (χ4v) is 8.84. The summed E-state index contributed by atoms with van der Waals surface area (Å²) in [6.07, 6.45) is 13.1. The number of aryl methyl sites for hydroxylation is 1. The van der Waals surface area contributed by atoms with Crippen molar-refractivity contribution in [1.29, 1.82) is 0 Å². The van der Waals surface area contributed by atoms with Crippen LogP contribution in [0.5, 0.6) is 0 Å². The molecule has 2 aliphatic rings. The van der Waals surface area contributed by atoms with Gasteiger partial charge in [-0.15, -0.1) is 0 Å². The molecule has 0 bridgehead atoms. The van der Waals surface area contributed by atoms with Crippen LogP contribution >= 0.6 is 0 Å². The molecule has 0 spiro atoms. The lowest BCUT2D eigenvalue weighted by molar-refractivity contribution is 0.0754. The molecule has 1 unspecified atom stereocenters. The van der Waals surface area contributed by atoms with E-state index in [0.29, 0.717) is 29.1 Å². The van der Waals surface area contributed by atoms with Gasteiger partial charge in [0.2, 0.25) is 0 Å². The van der Waals surface area contributed by atoms with Crippen LogP contribution in [0, 0.1) is 24.6 Å². The van der Waals surface area contributed by atoms with E-state index < -0.39 is 15.7 Å². The number of carbonyl (C=O) groups is 1. The number of likely N-dealkylation sites (tertiary alicyclic amines) is 2. The first kappa shape index (κ1) is 35.5. The summed E-state index contributed by atoms with van der Waals surface area (Å²) in [5.41, 5.74) is 4.29. The maximum Gasteiger partial charge on any atom is 0.256 e. The Morgan fingerprint density at radius 3 is 2.47 bits per heavy atom. The molecule has 1 amide bonds. The number of pyridine rings is 1. The second-order valence-corrected chi connectivity index (χ2v) is 17.0. The van der Waals surface area contributed by atoms with E-state index in [2.05, 4.69) is 41.8 Å². The molecule has 0 aliphatic carbocycles. The van der Waals surface area contributed by atoms with E-state index in [4.69, 9.17) is 0 Å². The Balaban J connectivity index is 1.29. The van der Waals surface area contributed by atoms with Crippen LogP contribution in [-0.4, -0.2) is 102 Å². The number of hydrogen-bond acceptors (Lipinski definition) is 6. The SMILES string of the molecule is Cc1cncc2c1c(C[C@@H]1CCN(C(CCCN3CCC(S(C)(=O)=O)CC3)C(C)C)C1)cn2-c1ccc(F)cc1C(=O)N(C)C(C)C. The van der Waals surface area contributed by atoms with Crippen LogP contribution in [0.4, 0.5) is 4.39 Å². The lowest BCUT2D eigenvalue weighted by atomic mass is 9.96. The summed E-state index contributed by atoms with van der Waals surface area (Å²) >= 11 is 0. The van der Waals surface area contributed by atoms with Gasteiger partial charge in [0.15, 0.2) is 0 Å². The standard InChI is InChI=1S/C37H54FN5O3S/c1-25(2)33(9-8-15-41-16-13-31(14-17-41)47(7,45)46)42-18-12-28(23-42)19-29-24-43(35-22-39-21-27(5)36(29)35)34-11-10-30(38)20-32(34)37(44)40(6)26(3)4/h10-11,20-22,24-26,28,31,33H,8-9,12-19,23H2,1-7H3/t28-,33?/m0/s1. The summed E-state index contributed by atoms with van der Waals surface area (Å²) in [5.74, 6) is 0.434. The summed E-state index contributed by atoms with van der Waals surface area (Å²) in [5, 5.41) is 0.989. The highest BCUT2D eigenvalue weighted by Crippen LogP contribution is 2.34. The van der Waals surface area contributed by atoms with Gasteiger partial charge in [0.1, 0.15) is 15.7 Å². The zero-order valence-corrected chi connectivity index (χ0v) is 30.2. The van der Waals surface area contributed by atoms with Crippen LogP contribution in [0.2, 0.25) is 0 Å². The van der Waals surface area contributed by atoms with Crippen molar-refractivity contribution in [1.82, 2.24) is 24.3 Å². The Morgan fingerprint density at radius 2 is 1.81 bits per heavy atom. The van der Waals surface area contributed by atoms with Crippen molar-refractivity contribution in [2.24, 2.45) is 11.8 Å². The Labute approximate surface area is 281 Å². The molecule has 4 heterocycles. The van der Waals surface area contributed by atoms with Gasteiger partial charge in [0.05, 0.1) is 28.2 Å². The predicted molar refractivity (Wildman–Crippen MR) is 189 cm³/mol. The second kappa shape index (κ2) is 14.7. The van der Waals surface area contributed by atoms with Gasteiger partial charge in [-0.05, 0) is 127 Å². The van der Waals surface area contributed by atoms with Crippen LogP contribution in [0.25, 0.3) is 16.6 Å². The first-order chi connectivity index (χ1) is 22.2. The van der Waals surface area contributed by atoms with Crippen LogP contribution in [0.1, 0.15) is 81.3 Å². The van der Waals surface area contributed by atoms with Gasteiger partial charge in [-0.25, -0.2) is 12.8 Å². The predicted octanol–water partition coefficient (Wildman–Crippen LogP) is 6.13. The molecule has 1 aromatic carbocycles. The van der Waals surface area contributed by atoms with Crippen molar-refractivity contribution < 1.29 is 17.6 Å². The smallest absolute Gasteiger partial charge is 0.256 e. The number of carbonyl (C=O) groups excluding carboxylic acids is 1. The van der Waals surface area contributed by atoms with Gasteiger partial charge >= 0.3 is 0 Å². The summed E-state index contributed by atoms with van der Waals surface area (Å²) in [4.78, 5) is 24.8. The lowest BCUT2D eigenvalue weighted by Crippen LogP contribution is -2.41. The van der Waals surface area contributed by atoms with Crippen molar-refractivity contribution in [3.05, 3.63) is 59.3 Å². The molecule has 258 valence electrons. The zero-order valence-electron chi connectivity index (χ0n) is 29.4. The number of fused-ring (bicyclic) bond motifs is 1. The van der Waals surface area contributed by atoms with Gasteiger partial charge in [0, 0.05) is 49.7 Å². The molecule has 8 nitrogen and oxygen atoms in total. The number of piperidine rings is 1. The minimum atomic E-state index is -2.94. The Morgan fingerprint density at radius 1 is 1.09 bits per heavy atom. The summed E-state index contributed by atoms with van der Waals surface area (Å²) < 4.78 is 40.4. The number of aromatic nitrogens is 2.